The number of amides is 1. The van der Waals surface area contributed by atoms with E-state index in [-0.39, 0.29) is 11.5 Å². The number of fused-ring (bicyclic) bond motifs is 3. The van der Waals surface area contributed by atoms with Gasteiger partial charge in [0.2, 0.25) is 5.91 Å². The molecule has 2 heterocycles. The third kappa shape index (κ3) is 3.11. The summed E-state index contributed by atoms with van der Waals surface area (Å²) in [6.45, 7) is 5.36. The number of carbonyl (C=O) groups excluding carboxylic acids is 1. The molecule has 1 aliphatic rings. The van der Waals surface area contributed by atoms with Crippen molar-refractivity contribution in [2.45, 2.75) is 44.7 Å². The smallest absolute Gasteiger partial charge is 0.262 e. The molecule has 0 fully saturated rings. The molecule has 5 nitrogen and oxygen atoms in total. The highest BCUT2D eigenvalue weighted by atomic mass is 32.2. The Morgan fingerprint density at radius 3 is 2.71 bits per heavy atom. The lowest BCUT2D eigenvalue weighted by Gasteiger charge is -2.18. The second kappa shape index (κ2) is 7.27. The summed E-state index contributed by atoms with van der Waals surface area (Å²) < 4.78 is 1.60. The molecule has 24 heavy (non-hydrogen) atoms. The van der Waals surface area contributed by atoms with Crippen molar-refractivity contribution >= 4 is 39.2 Å². The Hall–Kier alpha value is -1.34. The van der Waals surface area contributed by atoms with Crippen LogP contribution in [0.2, 0.25) is 0 Å². The number of rotatable bonds is 5. The molecule has 0 spiro atoms. The molecule has 3 rings (SSSR count). The van der Waals surface area contributed by atoms with E-state index in [0.717, 1.165) is 29.5 Å². The fourth-order valence-electron chi connectivity index (χ4n) is 3.19. The molecule has 0 unspecified atom stereocenters. The average Bonchev–Trinajstić information content (AvgIpc) is 2.96. The first-order chi connectivity index (χ1) is 11.6. The first-order valence-corrected chi connectivity index (χ1v) is 10.3. The molecule has 1 aliphatic carbocycles. The number of carbonyl (C=O) groups is 1. The number of hydrogen-bond donors (Lipinski definition) is 0. The monoisotopic (exact) mass is 365 g/mol. The second-order valence-corrected chi connectivity index (χ2v) is 8.03. The molecule has 0 aliphatic heterocycles. The Bertz CT molecular complexity index is 821. The summed E-state index contributed by atoms with van der Waals surface area (Å²) in [5.74, 6) is 0.406. The van der Waals surface area contributed by atoms with Crippen molar-refractivity contribution in [3.05, 3.63) is 20.8 Å². The van der Waals surface area contributed by atoms with E-state index in [1.54, 1.807) is 27.9 Å². The van der Waals surface area contributed by atoms with E-state index < -0.39 is 0 Å². The lowest BCUT2D eigenvalue weighted by molar-refractivity contribution is -0.127. The quantitative estimate of drug-likeness (QED) is 0.604. The normalized spacial score (nSPS) is 14.0. The van der Waals surface area contributed by atoms with Gasteiger partial charge in [0.05, 0.1) is 11.1 Å². The van der Waals surface area contributed by atoms with Gasteiger partial charge in [0.25, 0.3) is 5.56 Å². The summed E-state index contributed by atoms with van der Waals surface area (Å²) in [7, 11) is 1.76. The van der Waals surface area contributed by atoms with E-state index >= 15 is 0 Å². The van der Waals surface area contributed by atoms with Gasteiger partial charge >= 0.3 is 0 Å². The summed E-state index contributed by atoms with van der Waals surface area (Å²) in [5.41, 5.74) is 1.24. The van der Waals surface area contributed by atoms with Gasteiger partial charge in [0, 0.05) is 25.0 Å². The van der Waals surface area contributed by atoms with Crippen LogP contribution in [0.5, 0.6) is 0 Å². The number of aromatic nitrogens is 2. The Morgan fingerprint density at radius 2 is 2.00 bits per heavy atom. The minimum Gasteiger partial charge on any atom is -0.343 e. The van der Waals surface area contributed by atoms with E-state index in [0.29, 0.717) is 24.0 Å². The van der Waals surface area contributed by atoms with Crippen molar-refractivity contribution in [2.75, 3.05) is 18.8 Å². The zero-order valence-electron chi connectivity index (χ0n) is 14.4. The van der Waals surface area contributed by atoms with Gasteiger partial charge in [-0.25, -0.2) is 4.98 Å². The van der Waals surface area contributed by atoms with Crippen LogP contribution in [-0.4, -0.2) is 39.2 Å². The molecule has 130 valence electrons. The molecule has 0 saturated heterocycles. The molecule has 0 bridgehead atoms. The van der Waals surface area contributed by atoms with Crippen molar-refractivity contribution in [1.29, 1.82) is 0 Å². The lowest BCUT2D eigenvalue weighted by Crippen LogP contribution is -2.32. The SMILES string of the molecule is CCN(CC)C(=O)CSc1nc2sc3c(c2c(=O)n1C)CCCC3. The summed E-state index contributed by atoms with van der Waals surface area (Å²) in [5, 5.41) is 1.43. The number of thiophene rings is 1. The topological polar surface area (TPSA) is 55.2 Å². The first kappa shape index (κ1) is 17.5. The predicted molar refractivity (Wildman–Crippen MR) is 100 cm³/mol. The molecule has 0 N–H and O–H groups in total. The predicted octanol–water partition coefficient (Wildman–Crippen LogP) is 2.83. The molecule has 7 heteroatoms. The third-order valence-corrected chi connectivity index (χ3v) is 6.80. The first-order valence-electron chi connectivity index (χ1n) is 8.48. The van der Waals surface area contributed by atoms with Crippen LogP contribution in [0.4, 0.5) is 0 Å². The molecule has 1 amide bonds. The van der Waals surface area contributed by atoms with Crippen molar-refractivity contribution in [3.8, 4) is 0 Å². The Balaban J connectivity index is 1.91. The minimum atomic E-state index is 0.0252. The molecule has 2 aromatic rings. The van der Waals surface area contributed by atoms with Crippen LogP contribution < -0.4 is 5.56 Å². The summed E-state index contributed by atoms with van der Waals surface area (Å²) in [6.07, 6.45) is 4.39. The molecule has 0 radical (unpaired) electrons. The molecule has 0 aromatic carbocycles. The molecule has 0 saturated carbocycles. The van der Waals surface area contributed by atoms with Crippen molar-refractivity contribution in [2.24, 2.45) is 7.05 Å². The van der Waals surface area contributed by atoms with Gasteiger partial charge in [-0.15, -0.1) is 11.3 Å². The van der Waals surface area contributed by atoms with Crippen LogP contribution in [-0.2, 0) is 24.7 Å². The Kier molecular flexibility index (Phi) is 5.30. The average molecular weight is 366 g/mol. The number of hydrogen-bond acceptors (Lipinski definition) is 5. The van der Waals surface area contributed by atoms with Crippen LogP contribution in [0, 0.1) is 0 Å². The van der Waals surface area contributed by atoms with Crippen molar-refractivity contribution < 1.29 is 4.79 Å². The highest BCUT2D eigenvalue weighted by Gasteiger charge is 2.21. The lowest BCUT2D eigenvalue weighted by atomic mass is 9.97. The highest BCUT2D eigenvalue weighted by molar-refractivity contribution is 7.99. The second-order valence-electron chi connectivity index (χ2n) is 6.00. The van der Waals surface area contributed by atoms with Crippen LogP contribution in [0.1, 0.15) is 37.1 Å². The summed E-state index contributed by atoms with van der Waals surface area (Å²) in [4.78, 5) is 33.6. The molecule has 0 atom stereocenters. The van der Waals surface area contributed by atoms with Gasteiger partial charge in [-0.1, -0.05) is 11.8 Å². The van der Waals surface area contributed by atoms with Crippen LogP contribution in [0.25, 0.3) is 10.2 Å². The molecular weight excluding hydrogens is 342 g/mol. The minimum absolute atomic E-state index is 0.0252. The molecule has 2 aromatic heterocycles. The molecular formula is C17H23N3O2S2. The van der Waals surface area contributed by atoms with E-state index in [1.165, 1.54) is 28.6 Å². The number of thioether (sulfide) groups is 1. The van der Waals surface area contributed by atoms with E-state index in [9.17, 15) is 9.59 Å². The van der Waals surface area contributed by atoms with Crippen LogP contribution in [0.15, 0.2) is 9.95 Å². The van der Waals surface area contributed by atoms with E-state index in [1.807, 2.05) is 13.8 Å². The van der Waals surface area contributed by atoms with Crippen LogP contribution >= 0.6 is 23.1 Å². The van der Waals surface area contributed by atoms with E-state index in [2.05, 4.69) is 0 Å². The Morgan fingerprint density at radius 1 is 1.29 bits per heavy atom. The standard InChI is InChI=1S/C17H23N3O2S2/c1-4-20(5-2)13(21)10-23-17-18-15-14(16(22)19(17)3)11-8-6-7-9-12(11)24-15/h4-10H2,1-3H3. The van der Waals surface area contributed by atoms with Gasteiger partial charge in [-0.3, -0.25) is 14.2 Å². The number of nitrogens with zero attached hydrogens (tertiary/aromatic N) is 3. The maximum atomic E-state index is 12.8. The largest absolute Gasteiger partial charge is 0.343 e. The van der Waals surface area contributed by atoms with E-state index in [4.69, 9.17) is 4.98 Å². The maximum Gasteiger partial charge on any atom is 0.262 e. The fourth-order valence-corrected chi connectivity index (χ4v) is 5.37. The van der Waals surface area contributed by atoms with Gasteiger partial charge in [-0.05, 0) is 45.1 Å². The maximum absolute atomic E-state index is 12.8. The zero-order chi connectivity index (χ0) is 17.3. The number of aryl methyl sites for hydroxylation is 2. The van der Waals surface area contributed by atoms with Crippen molar-refractivity contribution in [3.63, 3.8) is 0 Å². The Labute approximate surface area is 150 Å². The summed E-state index contributed by atoms with van der Waals surface area (Å²) >= 11 is 3.01. The van der Waals surface area contributed by atoms with Gasteiger partial charge in [0.1, 0.15) is 4.83 Å². The van der Waals surface area contributed by atoms with Gasteiger partial charge in [-0.2, -0.15) is 0 Å². The third-order valence-electron chi connectivity index (χ3n) is 4.60. The fraction of sp³-hybridized carbons (Fsp3) is 0.588. The van der Waals surface area contributed by atoms with Gasteiger partial charge in [0.15, 0.2) is 5.16 Å². The zero-order valence-corrected chi connectivity index (χ0v) is 16.1. The van der Waals surface area contributed by atoms with Crippen molar-refractivity contribution in [1.82, 2.24) is 14.5 Å². The summed E-state index contributed by atoms with van der Waals surface area (Å²) in [6, 6.07) is 0. The van der Waals surface area contributed by atoms with Gasteiger partial charge < -0.3 is 4.90 Å². The van der Waals surface area contributed by atoms with Crippen LogP contribution in [0.3, 0.4) is 0 Å². The highest BCUT2D eigenvalue weighted by Crippen LogP contribution is 2.34.